The van der Waals surface area contributed by atoms with Crippen LogP contribution in [0.2, 0.25) is 5.02 Å². The molecule has 1 saturated heterocycles. The van der Waals surface area contributed by atoms with Gasteiger partial charge in [0, 0.05) is 16.8 Å². The van der Waals surface area contributed by atoms with Crippen LogP contribution in [0.25, 0.3) is 0 Å². The Bertz CT molecular complexity index is 805. The Morgan fingerprint density at radius 1 is 1.24 bits per heavy atom. The zero-order valence-corrected chi connectivity index (χ0v) is 15.5. The van der Waals surface area contributed by atoms with E-state index in [1.165, 1.54) is 0 Å². The lowest BCUT2D eigenvalue weighted by atomic mass is 10.2. The molecule has 1 heterocycles. The third-order valence-electron chi connectivity index (χ3n) is 3.68. The summed E-state index contributed by atoms with van der Waals surface area (Å²) in [6.07, 6.45) is 1.14. The third kappa shape index (κ3) is 4.60. The Hall–Kier alpha value is -1.89. The summed E-state index contributed by atoms with van der Waals surface area (Å²) in [5.74, 6) is -0.500. The van der Waals surface area contributed by atoms with Crippen molar-refractivity contribution in [1.29, 1.82) is 0 Å². The number of rotatable bonds is 4. The first-order valence-corrected chi connectivity index (χ1v) is 8.90. The van der Waals surface area contributed by atoms with Crippen molar-refractivity contribution < 1.29 is 19.1 Å². The zero-order chi connectivity index (χ0) is 17.8. The van der Waals surface area contributed by atoms with Gasteiger partial charge < -0.3 is 14.8 Å². The summed E-state index contributed by atoms with van der Waals surface area (Å²) >= 11 is 9.35. The predicted molar refractivity (Wildman–Crippen MR) is 98.2 cm³/mol. The molecule has 2 aromatic rings. The van der Waals surface area contributed by atoms with Crippen molar-refractivity contribution in [3.05, 3.63) is 57.5 Å². The monoisotopic (exact) mass is 423 g/mol. The Balaban J connectivity index is 1.69. The van der Waals surface area contributed by atoms with Crippen LogP contribution >= 0.6 is 27.5 Å². The molecular formula is C18H15BrClNO4. The molecule has 3 rings (SSSR count). The second-order valence-electron chi connectivity index (χ2n) is 5.54. The topological polar surface area (TPSA) is 64.6 Å². The first-order chi connectivity index (χ1) is 12.0. The number of carbonyl (C=O) groups excluding carboxylic acids is 2. The maximum atomic E-state index is 12.3. The minimum Gasteiger partial charge on any atom is -0.421 e. The minimum absolute atomic E-state index is 0.209. The number of amides is 1. The van der Waals surface area contributed by atoms with Crippen molar-refractivity contribution in [2.75, 3.05) is 11.9 Å². The van der Waals surface area contributed by atoms with E-state index in [9.17, 15) is 9.59 Å². The van der Waals surface area contributed by atoms with Gasteiger partial charge in [-0.05, 0) is 49.2 Å². The van der Waals surface area contributed by atoms with Gasteiger partial charge in [-0.15, -0.1) is 0 Å². The SMILES string of the molecule is O=C(Oc1ccc(Br)cc1Cl)c1cccc(NC(=O)C2CCCO2)c1. The fourth-order valence-corrected chi connectivity index (χ4v) is 3.16. The number of esters is 1. The lowest BCUT2D eigenvalue weighted by Crippen LogP contribution is -2.26. The van der Waals surface area contributed by atoms with Crippen LogP contribution in [0.1, 0.15) is 23.2 Å². The number of carbonyl (C=O) groups is 2. The van der Waals surface area contributed by atoms with Gasteiger partial charge in [0.05, 0.1) is 10.6 Å². The van der Waals surface area contributed by atoms with Crippen LogP contribution in [0.4, 0.5) is 5.69 Å². The van der Waals surface area contributed by atoms with Gasteiger partial charge in [-0.1, -0.05) is 33.6 Å². The summed E-state index contributed by atoms with van der Waals surface area (Å²) in [6.45, 7) is 0.596. The molecule has 1 unspecified atom stereocenters. The summed E-state index contributed by atoms with van der Waals surface area (Å²) in [4.78, 5) is 24.4. The molecule has 0 bridgehead atoms. The standard InChI is InChI=1S/C18H15BrClNO4/c19-12-6-7-15(14(20)10-12)25-18(23)11-3-1-4-13(9-11)21-17(22)16-5-2-8-24-16/h1,3-4,6-7,9-10,16H,2,5,8H2,(H,21,22). The van der Waals surface area contributed by atoms with Crippen molar-refractivity contribution in [1.82, 2.24) is 0 Å². The molecule has 2 aromatic carbocycles. The zero-order valence-electron chi connectivity index (χ0n) is 13.1. The van der Waals surface area contributed by atoms with Crippen molar-refractivity contribution in [3.63, 3.8) is 0 Å². The number of ether oxygens (including phenoxy) is 2. The molecule has 0 radical (unpaired) electrons. The maximum absolute atomic E-state index is 12.3. The highest BCUT2D eigenvalue weighted by Crippen LogP contribution is 2.28. The molecule has 0 spiro atoms. The molecule has 1 aliphatic rings. The minimum atomic E-state index is -0.558. The van der Waals surface area contributed by atoms with Crippen LogP contribution in [-0.4, -0.2) is 24.6 Å². The van der Waals surface area contributed by atoms with Gasteiger partial charge in [-0.2, -0.15) is 0 Å². The highest BCUT2D eigenvalue weighted by atomic mass is 79.9. The Kier molecular flexibility index (Phi) is 5.73. The molecule has 7 heteroatoms. The van der Waals surface area contributed by atoms with Gasteiger partial charge in [0.1, 0.15) is 11.9 Å². The van der Waals surface area contributed by atoms with Crippen LogP contribution in [0.15, 0.2) is 46.9 Å². The highest BCUT2D eigenvalue weighted by molar-refractivity contribution is 9.10. The van der Waals surface area contributed by atoms with E-state index in [1.807, 2.05) is 0 Å². The number of anilines is 1. The van der Waals surface area contributed by atoms with Gasteiger partial charge in [0.15, 0.2) is 0 Å². The Labute approximate surface area is 158 Å². The van der Waals surface area contributed by atoms with E-state index in [0.717, 1.165) is 10.9 Å². The average molecular weight is 425 g/mol. The summed E-state index contributed by atoms with van der Waals surface area (Å²) in [6, 6.07) is 11.5. The molecule has 130 valence electrons. The molecule has 1 N–H and O–H groups in total. The number of hydrogen-bond acceptors (Lipinski definition) is 4. The molecule has 1 amide bonds. The summed E-state index contributed by atoms with van der Waals surface area (Å²) in [5.41, 5.74) is 0.820. The van der Waals surface area contributed by atoms with Gasteiger partial charge in [-0.25, -0.2) is 4.79 Å². The quantitative estimate of drug-likeness (QED) is 0.582. The van der Waals surface area contributed by atoms with E-state index in [2.05, 4.69) is 21.2 Å². The van der Waals surface area contributed by atoms with Gasteiger partial charge >= 0.3 is 5.97 Å². The van der Waals surface area contributed by atoms with Crippen molar-refractivity contribution in [3.8, 4) is 5.75 Å². The summed E-state index contributed by atoms with van der Waals surface area (Å²) in [5, 5.41) is 3.08. The highest BCUT2D eigenvalue weighted by Gasteiger charge is 2.23. The van der Waals surface area contributed by atoms with E-state index in [4.69, 9.17) is 21.1 Å². The van der Waals surface area contributed by atoms with E-state index in [0.29, 0.717) is 29.3 Å². The number of hydrogen-bond donors (Lipinski definition) is 1. The van der Waals surface area contributed by atoms with E-state index in [1.54, 1.807) is 42.5 Å². The second kappa shape index (κ2) is 7.99. The maximum Gasteiger partial charge on any atom is 0.343 e. The lowest BCUT2D eigenvalue weighted by Gasteiger charge is -2.11. The Morgan fingerprint density at radius 3 is 2.80 bits per heavy atom. The molecule has 0 aliphatic carbocycles. The molecular weight excluding hydrogens is 410 g/mol. The fourth-order valence-electron chi connectivity index (χ4n) is 2.45. The molecule has 5 nitrogen and oxygen atoms in total. The molecule has 0 aromatic heterocycles. The summed E-state index contributed by atoms with van der Waals surface area (Å²) < 4.78 is 11.4. The van der Waals surface area contributed by atoms with Crippen molar-refractivity contribution in [2.24, 2.45) is 0 Å². The first kappa shape index (κ1) is 17.9. The van der Waals surface area contributed by atoms with Crippen LogP contribution in [0.5, 0.6) is 5.75 Å². The molecule has 1 atom stereocenters. The number of benzene rings is 2. The molecule has 1 fully saturated rings. The van der Waals surface area contributed by atoms with Crippen LogP contribution in [0, 0.1) is 0 Å². The number of nitrogens with one attached hydrogen (secondary N) is 1. The van der Waals surface area contributed by atoms with E-state index in [-0.39, 0.29) is 11.7 Å². The summed E-state index contributed by atoms with van der Waals surface area (Å²) in [7, 11) is 0. The van der Waals surface area contributed by atoms with Crippen molar-refractivity contribution in [2.45, 2.75) is 18.9 Å². The van der Waals surface area contributed by atoms with Gasteiger partial charge in [0.2, 0.25) is 0 Å². The van der Waals surface area contributed by atoms with Crippen LogP contribution in [0.3, 0.4) is 0 Å². The molecule has 0 saturated carbocycles. The van der Waals surface area contributed by atoms with Gasteiger partial charge in [0.25, 0.3) is 5.91 Å². The van der Waals surface area contributed by atoms with Crippen LogP contribution in [-0.2, 0) is 9.53 Å². The van der Waals surface area contributed by atoms with Gasteiger partial charge in [-0.3, -0.25) is 4.79 Å². The number of halogens is 2. The second-order valence-corrected chi connectivity index (χ2v) is 6.86. The van der Waals surface area contributed by atoms with Crippen LogP contribution < -0.4 is 10.1 Å². The van der Waals surface area contributed by atoms with E-state index < -0.39 is 12.1 Å². The molecule has 25 heavy (non-hydrogen) atoms. The predicted octanol–water partition coefficient (Wildman–Crippen LogP) is 4.44. The van der Waals surface area contributed by atoms with Crippen molar-refractivity contribution >= 4 is 45.1 Å². The Morgan fingerprint density at radius 2 is 2.08 bits per heavy atom. The average Bonchev–Trinajstić information content (AvgIpc) is 3.12. The van der Waals surface area contributed by atoms with E-state index >= 15 is 0 Å². The third-order valence-corrected chi connectivity index (χ3v) is 4.47. The lowest BCUT2D eigenvalue weighted by molar-refractivity contribution is -0.124. The largest absolute Gasteiger partial charge is 0.421 e. The fraction of sp³-hybridized carbons (Fsp3) is 0.222. The first-order valence-electron chi connectivity index (χ1n) is 7.73. The normalized spacial score (nSPS) is 16.5. The smallest absolute Gasteiger partial charge is 0.343 e. The molecule has 1 aliphatic heterocycles.